The second-order valence-electron chi connectivity index (χ2n) is 2.92. The lowest BCUT2D eigenvalue weighted by molar-refractivity contribution is -0.143. The molecule has 1 N–H and O–H groups in total. The van der Waals surface area contributed by atoms with E-state index in [1.54, 1.807) is 13.1 Å². The maximum Gasteiger partial charge on any atom is 0.327 e. The first-order chi connectivity index (χ1) is 7.10. The van der Waals surface area contributed by atoms with Gasteiger partial charge in [0.15, 0.2) is 0 Å². The number of nitrogens with one attached hydrogen (secondary N) is 1. The molecule has 0 bridgehead atoms. The molecule has 0 radical (unpaired) electrons. The van der Waals surface area contributed by atoms with Crippen molar-refractivity contribution in [3.05, 3.63) is 34.1 Å². The smallest absolute Gasteiger partial charge is 0.327 e. The number of carbonyl (C=O) groups is 1. The van der Waals surface area contributed by atoms with Gasteiger partial charge in [0.25, 0.3) is 0 Å². The summed E-state index contributed by atoms with van der Waals surface area (Å²) >= 11 is 3.06. The van der Waals surface area contributed by atoms with Crippen molar-refractivity contribution in [3.63, 3.8) is 0 Å². The molecule has 0 saturated heterocycles. The lowest BCUT2D eigenvalue weighted by Crippen LogP contribution is -2.26. The molecular weight excluding hydrogens is 265 g/mol. The van der Waals surface area contributed by atoms with Crippen LogP contribution in [-0.2, 0) is 9.53 Å². The van der Waals surface area contributed by atoms with E-state index in [0.29, 0.717) is 10.0 Å². The first kappa shape index (κ1) is 12.1. The SMILES string of the molecule is CNC(C(=O)OC)c1ccc(F)c(Br)c1. The highest BCUT2D eigenvalue weighted by atomic mass is 79.9. The van der Waals surface area contributed by atoms with Crippen LogP contribution in [0.2, 0.25) is 0 Å². The second kappa shape index (κ2) is 5.23. The highest BCUT2D eigenvalue weighted by Crippen LogP contribution is 2.21. The van der Waals surface area contributed by atoms with Crippen LogP contribution in [0.5, 0.6) is 0 Å². The molecule has 0 fully saturated rings. The summed E-state index contributed by atoms with van der Waals surface area (Å²) in [6, 6.07) is 3.81. The topological polar surface area (TPSA) is 38.3 Å². The van der Waals surface area contributed by atoms with Crippen molar-refractivity contribution in [1.29, 1.82) is 0 Å². The third-order valence-electron chi connectivity index (χ3n) is 2.00. The van der Waals surface area contributed by atoms with Crippen LogP contribution in [0.25, 0.3) is 0 Å². The maximum absolute atomic E-state index is 13.0. The van der Waals surface area contributed by atoms with Crippen LogP contribution in [0.3, 0.4) is 0 Å². The van der Waals surface area contributed by atoms with Crippen LogP contribution in [0.15, 0.2) is 22.7 Å². The number of rotatable bonds is 3. The summed E-state index contributed by atoms with van der Waals surface area (Å²) in [6.45, 7) is 0. The number of carbonyl (C=O) groups excluding carboxylic acids is 1. The van der Waals surface area contributed by atoms with Crippen molar-refractivity contribution in [1.82, 2.24) is 5.32 Å². The van der Waals surface area contributed by atoms with Gasteiger partial charge in [-0.25, -0.2) is 9.18 Å². The van der Waals surface area contributed by atoms with Crippen LogP contribution < -0.4 is 5.32 Å². The molecule has 0 aliphatic rings. The van der Waals surface area contributed by atoms with E-state index in [4.69, 9.17) is 0 Å². The lowest BCUT2D eigenvalue weighted by Gasteiger charge is -2.14. The van der Waals surface area contributed by atoms with Crippen LogP contribution in [0.4, 0.5) is 4.39 Å². The molecule has 0 heterocycles. The molecule has 1 aromatic carbocycles. The van der Waals surface area contributed by atoms with E-state index < -0.39 is 12.0 Å². The Labute approximate surface area is 95.7 Å². The maximum atomic E-state index is 13.0. The van der Waals surface area contributed by atoms with E-state index in [0.717, 1.165) is 0 Å². The van der Waals surface area contributed by atoms with E-state index in [2.05, 4.69) is 26.0 Å². The highest BCUT2D eigenvalue weighted by molar-refractivity contribution is 9.10. The summed E-state index contributed by atoms with van der Waals surface area (Å²) in [4.78, 5) is 11.3. The number of halogens is 2. The number of ether oxygens (including phenoxy) is 1. The van der Waals surface area contributed by atoms with Crippen molar-refractivity contribution >= 4 is 21.9 Å². The fourth-order valence-electron chi connectivity index (χ4n) is 1.23. The third kappa shape index (κ3) is 2.76. The minimum atomic E-state index is -0.577. The molecular formula is C10H11BrFNO2. The fourth-order valence-corrected chi connectivity index (χ4v) is 1.63. The monoisotopic (exact) mass is 275 g/mol. The minimum absolute atomic E-state index is 0.323. The largest absolute Gasteiger partial charge is 0.468 e. The molecule has 1 atom stereocenters. The second-order valence-corrected chi connectivity index (χ2v) is 3.77. The number of benzene rings is 1. The molecule has 1 rings (SSSR count). The first-order valence-electron chi connectivity index (χ1n) is 4.30. The molecule has 0 aliphatic heterocycles. The van der Waals surface area contributed by atoms with Crippen LogP contribution in [0.1, 0.15) is 11.6 Å². The average molecular weight is 276 g/mol. The summed E-state index contributed by atoms with van der Waals surface area (Å²) in [7, 11) is 2.95. The van der Waals surface area contributed by atoms with Gasteiger partial charge < -0.3 is 10.1 Å². The number of hydrogen-bond donors (Lipinski definition) is 1. The standard InChI is InChI=1S/C10H11BrFNO2/c1-13-9(10(14)15-2)6-3-4-8(12)7(11)5-6/h3-5,9,13H,1-2H3. The van der Waals surface area contributed by atoms with Gasteiger partial charge in [0, 0.05) is 0 Å². The summed E-state index contributed by atoms with van der Waals surface area (Å²) in [6.07, 6.45) is 0. The zero-order chi connectivity index (χ0) is 11.4. The molecule has 0 saturated carbocycles. The Morgan fingerprint density at radius 3 is 2.73 bits per heavy atom. The molecule has 3 nitrogen and oxygen atoms in total. The molecule has 0 aromatic heterocycles. The zero-order valence-electron chi connectivity index (χ0n) is 8.38. The molecule has 0 amide bonds. The van der Waals surface area contributed by atoms with Crippen molar-refractivity contribution in [2.45, 2.75) is 6.04 Å². The Morgan fingerprint density at radius 2 is 2.27 bits per heavy atom. The Morgan fingerprint density at radius 1 is 1.60 bits per heavy atom. The molecule has 5 heteroatoms. The van der Waals surface area contributed by atoms with Gasteiger partial charge in [-0.15, -0.1) is 0 Å². The van der Waals surface area contributed by atoms with Gasteiger partial charge in [0.1, 0.15) is 11.9 Å². The first-order valence-corrected chi connectivity index (χ1v) is 5.09. The van der Waals surface area contributed by atoms with Crippen molar-refractivity contribution < 1.29 is 13.9 Å². The molecule has 0 aliphatic carbocycles. The molecule has 0 spiro atoms. The summed E-state index contributed by atoms with van der Waals surface area (Å²) in [5.74, 6) is -0.769. The van der Waals surface area contributed by atoms with Crippen LogP contribution in [-0.4, -0.2) is 20.1 Å². The van der Waals surface area contributed by atoms with E-state index in [1.165, 1.54) is 19.2 Å². The Balaban J connectivity index is 3.02. The summed E-state index contributed by atoms with van der Waals surface area (Å²) < 4.78 is 17.9. The minimum Gasteiger partial charge on any atom is -0.468 e. The van der Waals surface area contributed by atoms with Crippen molar-refractivity contribution in [2.75, 3.05) is 14.2 Å². The van der Waals surface area contributed by atoms with Gasteiger partial charge in [-0.1, -0.05) is 6.07 Å². The number of hydrogen-bond acceptors (Lipinski definition) is 3. The third-order valence-corrected chi connectivity index (χ3v) is 2.61. The molecule has 15 heavy (non-hydrogen) atoms. The van der Waals surface area contributed by atoms with Gasteiger partial charge in [0.2, 0.25) is 0 Å². The number of methoxy groups -OCH3 is 1. The van der Waals surface area contributed by atoms with Crippen molar-refractivity contribution in [3.8, 4) is 0 Å². The van der Waals surface area contributed by atoms with Gasteiger partial charge in [-0.3, -0.25) is 0 Å². The summed E-state index contributed by atoms with van der Waals surface area (Å²) in [5.41, 5.74) is 0.651. The molecule has 1 unspecified atom stereocenters. The number of esters is 1. The Kier molecular flexibility index (Phi) is 4.23. The van der Waals surface area contributed by atoms with E-state index in [9.17, 15) is 9.18 Å². The van der Waals surface area contributed by atoms with Crippen molar-refractivity contribution in [2.24, 2.45) is 0 Å². The van der Waals surface area contributed by atoms with Crippen LogP contribution in [0, 0.1) is 5.82 Å². The van der Waals surface area contributed by atoms with E-state index in [1.807, 2.05) is 0 Å². The normalized spacial score (nSPS) is 12.3. The number of likely N-dealkylation sites (N-methyl/N-ethyl adjacent to an activating group) is 1. The lowest BCUT2D eigenvalue weighted by atomic mass is 10.1. The Bertz CT molecular complexity index is 370. The predicted molar refractivity (Wildman–Crippen MR) is 57.9 cm³/mol. The molecule has 1 aromatic rings. The summed E-state index contributed by atoms with van der Waals surface area (Å²) in [5, 5.41) is 2.80. The highest BCUT2D eigenvalue weighted by Gasteiger charge is 2.19. The van der Waals surface area contributed by atoms with Gasteiger partial charge in [-0.2, -0.15) is 0 Å². The average Bonchev–Trinajstić information content (AvgIpc) is 2.24. The van der Waals surface area contributed by atoms with Gasteiger partial charge in [0.05, 0.1) is 11.6 Å². The predicted octanol–water partition coefficient (Wildman–Crippen LogP) is 2.02. The van der Waals surface area contributed by atoms with Crippen LogP contribution >= 0.6 is 15.9 Å². The molecule has 82 valence electrons. The van der Waals surface area contributed by atoms with E-state index >= 15 is 0 Å². The zero-order valence-corrected chi connectivity index (χ0v) is 9.97. The Hall–Kier alpha value is -0.940. The van der Waals surface area contributed by atoms with Gasteiger partial charge >= 0.3 is 5.97 Å². The van der Waals surface area contributed by atoms with E-state index in [-0.39, 0.29) is 5.82 Å². The fraction of sp³-hybridized carbons (Fsp3) is 0.300. The quantitative estimate of drug-likeness (QED) is 0.858. The van der Waals surface area contributed by atoms with Gasteiger partial charge in [-0.05, 0) is 40.7 Å².